The van der Waals surface area contributed by atoms with E-state index in [1.165, 1.54) is 0 Å². The van der Waals surface area contributed by atoms with E-state index in [4.69, 9.17) is 20.8 Å². The number of carbonyl (C=O) groups excluding carboxylic acids is 2. The van der Waals surface area contributed by atoms with Crippen LogP contribution in [0.5, 0.6) is 5.75 Å². The van der Waals surface area contributed by atoms with Crippen LogP contribution in [0.2, 0.25) is 5.02 Å². The molecule has 1 aliphatic heterocycles. The normalized spacial score (nSPS) is 15.5. The molecule has 0 saturated heterocycles. The lowest BCUT2D eigenvalue weighted by Crippen LogP contribution is -2.34. The van der Waals surface area contributed by atoms with Crippen LogP contribution in [0, 0.1) is 0 Å². The highest BCUT2D eigenvalue weighted by Crippen LogP contribution is 2.33. The Balaban J connectivity index is 1.53. The lowest BCUT2D eigenvalue weighted by molar-refractivity contribution is -0.122. The van der Waals surface area contributed by atoms with Crippen molar-refractivity contribution in [3.8, 4) is 17.1 Å². The van der Waals surface area contributed by atoms with E-state index in [2.05, 4.69) is 10.6 Å². The Kier molecular flexibility index (Phi) is 4.33. The first-order valence-corrected chi connectivity index (χ1v) is 8.67. The van der Waals surface area contributed by atoms with Crippen LogP contribution in [0.25, 0.3) is 11.3 Å². The number of furan rings is 1. The number of benzene rings is 2. The van der Waals surface area contributed by atoms with Crippen LogP contribution < -0.4 is 15.4 Å². The molecule has 2 aromatic carbocycles. The molecule has 0 aliphatic carbocycles. The first-order chi connectivity index (χ1) is 13.0. The van der Waals surface area contributed by atoms with Gasteiger partial charge < -0.3 is 19.8 Å². The molecule has 2 amide bonds. The summed E-state index contributed by atoms with van der Waals surface area (Å²) in [4.78, 5) is 24.2. The molecule has 1 aliphatic rings. The highest BCUT2D eigenvalue weighted by molar-refractivity contribution is 6.33. The average Bonchev–Trinajstić information content (AvgIpc) is 3.13. The molecule has 6 nitrogen and oxygen atoms in total. The summed E-state index contributed by atoms with van der Waals surface area (Å²) >= 11 is 6.16. The van der Waals surface area contributed by atoms with Crippen LogP contribution in [0.3, 0.4) is 0 Å². The number of carbonyl (C=O) groups is 2. The van der Waals surface area contributed by atoms with E-state index in [1.807, 2.05) is 18.2 Å². The van der Waals surface area contributed by atoms with Crippen molar-refractivity contribution in [2.24, 2.45) is 0 Å². The predicted molar refractivity (Wildman–Crippen MR) is 102 cm³/mol. The summed E-state index contributed by atoms with van der Waals surface area (Å²) in [7, 11) is 0. The molecule has 1 aromatic heterocycles. The Bertz CT molecular complexity index is 1040. The molecular weight excluding hydrogens is 368 g/mol. The number of hydrogen-bond donors (Lipinski definition) is 2. The standard InChI is InChI=1S/C20H15ClN2O4/c1-11-19(24)23-15-10-12(6-7-17(15)26-11)22-20(25)18-9-8-16(27-18)13-4-2-3-5-14(13)21/h2-11H,1H3,(H,22,25)(H,23,24)/t11-/m1/s1. The van der Waals surface area contributed by atoms with Crippen LogP contribution in [0.4, 0.5) is 11.4 Å². The summed E-state index contributed by atoms with van der Waals surface area (Å²) in [5, 5.41) is 6.02. The summed E-state index contributed by atoms with van der Waals surface area (Å²) in [6.07, 6.45) is -0.552. The van der Waals surface area contributed by atoms with E-state index in [9.17, 15) is 9.59 Å². The Labute approximate surface area is 160 Å². The largest absolute Gasteiger partial charge is 0.479 e. The van der Waals surface area contributed by atoms with Gasteiger partial charge in [-0.05, 0) is 49.4 Å². The van der Waals surface area contributed by atoms with E-state index in [0.29, 0.717) is 33.5 Å². The molecular formula is C20H15ClN2O4. The maximum atomic E-state index is 12.5. The van der Waals surface area contributed by atoms with Crippen molar-refractivity contribution in [2.75, 3.05) is 10.6 Å². The summed E-state index contributed by atoms with van der Waals surface area (Å²) < 4.78 is 11.1. The van der Waals surface area contributed by atoms with E-state index in [0.717, 1.165) is 0 Å². The van der Waals surface area contributed by atoms with Crippen molar-refractivity contribution in [1.82, 2.24) is 0 Å². The van der Waals surface area contributed by atoms with Crippen molar-refractivity contribution in [2.45, 2.75) is 13.0 Å². The van der Waals surface area contributed by atoms with Crippen molar-refractivity contribution in [1.29, 1.82) is 0 Å². The second kappa shape index (κ2) is 6.81. The predicted octanol–water partition coefficient (Wildman–Crippen LogP) is 4.57. The van der Waals surface area contributed by atoms with Crippen LogP contribution in [0.15, 0.2) is 59.0 Å². The van der Waals surface area contributed by atoms with Gasteiger partial charge in [0.25, 0.3) is 11.8 Å². The van der Waals surface area contributed by atoms with E-state index in [-0.39, 0.29) is 11.7 Å². The molecule has 0 fully saturated rings. The zero-order chi connectivity index (χ0) is 19.0. The maximum absolute atomic E-state index is 12.5. The molecule has 4 rings (SSSR count). The van der Waals surface area contributed by atoms with Crippen LogP contribution in [0.1, 0.15) is 17.5 Å². The van der Waals surface area contributed by atoms with Crippen LogP contribution in [-0.4, -0.2) is 17.9 Å². The topological polar surface area (TPSA) is 80.6 Å². The Morgan fingerprint density at radius 3 is 2.78 bits per heavy atom. The SMILES string of the molecule is C[C@H]1Oc2ccc(NC(=O)c3ccc(-c4ccccc4Cl)o3)cc2NC1=O. The van der Waals surface area contributed by atoms with Gasteiger partial charge in [0.15, 0.2) is 11.9 Å². The van der Waals surface area contributed by atoms with Gasteiger partial charge in [-0.15, -0.1) is 0 Å². The minimum absolute atomic E-state index is 0.150. The third kappa shape index (κ3) is 3.39. The lowest BCUT2D eigenvalue weighted by Gasteiger charge is -2.23. The zero-order valence-electron chi connectivity index (χ0n) is 14.3. The molecule has 0 bridgehead atoms. The number of nitrogens with one attached hydrogen (secondary N) is 2. The number of ether oxygens (including phenoxy) is 1. The molecule has 0 unspecified atom stereocenters. The number of fused-ring (bicyclic) bond motifs is 1. The van der Waals surface area contributed by atoms with Gasteiger partial charge in [0, 0.05) is 11.3 Å². The number of halogens is 1. The minimum Gasteiger partial charge on any atom is -0.479 e. The second-order valence-corrected chi connectivity index (χ2v) is 6.47. The Morgan fingerprint density at radius 1 is 1.15 bits per heavy atom. The molecule has 2 heterocycles. The minimum atomic E-state index is -0.552. The molecule has 1 atom stereocenters. The maximum Gasteiger partial charge on any atom is 0.291 e. The van der Waals surface area contributed by atoms with E-state index >= 15 is 0 Å². The summed E-state index contributed by atoms with van der Waals surface area (Å²) in [6.45, 7) is 1.67. The van der Waals surface area contributed by atoms with Gasteiger partial charge in [0.2, 0.25) is 0 Å². The lowest BCUT2D eigenvalue weighted by atomic mass is 10.2. The smallest absolute Gasteiger partial charge is 0.291 e. The Hall–Kier alpha value is -3.25. The third-order valence-corrected chi connectivity index (χ3v) is 4.47. The molecule has 7 heteroatoms. The molecule has 0 radical (unpaired) electrons. The molecule has 2 N–H and O–H groups in total. The first-order valence-electron chi connectivity index (χ1n) is 8.29. The fourth-order valence-corrected chi connectivity index (χ4v) is 2.97. The fourth-order valence-electron chi connectivity index (χ4n) is 2.74. The average molecular weight is 383 g/mol. The summed E-state index contributed by atoms with van der Waals surface area (Å²) in [5.74, 6) is 0.563. The number of anilines is 2. The van der Waals surface area contributed by atoms with Crippen LogP contribution in [-0.2, 0) is 4.79 Å². The number of rotatable bonds is 3. The molecule has 27 heavy (non-hydrogen) atoms. The van der Waals surface area contributed by atoms with Crippen molar-refractivity contribution in [3.05, 3.63) is 65.4 Å². The first kappa shape index (κ1) is 17.2. The Morgan fingerprint density at radius 2 is 1.96 bits per heavy atom. The van der Waals surface area contributed by atoms with Crippen molar-refractivity contribution >= 4 is 34.8 Å². The quantitative estimate of drug-likeness (QED) is 0.695. The van der Waals surface area contributed by atoms with E-state index in [1.54, 1.807) is 43.3 Å². The summed E-state index contributed by atoms with van der Waals surface area (Å²) in [6, 6.07) is 15.5. The highest BCUT2D eigenvalue weighted by atomic mass is 35.5. The van der Waals surface area contributed by atoms with Gasteiger partial charge in [-0.2, -0.15) is 0 Å². The second-order valence-electron chi connectivity index (χ2n) is 6.06. The molecule has 3 aromatic rings. The van der Waals surface area contributed by atoms with Crippen molar-refractivity contribution < 1.29 is 18.7 Å². The number of amides is 2. The zero-order valence-corrected chi connectivity index (χ0v) is 15.0. The molecule has 136 valence electrons. The van der Waals surface area contributed by atoms with Gasteiger partial charge in [0.1, 0.15) is 11.5 Å². The molecule has 0 spiro atoms. The van der Waals surface area contributed by atoms with Crippen LogP contribution >= 0.6 is 11.6 Å². The van der Waals surface area contributed by atoms with Crippen molar-refractivity contribution in [3.63, 3.8) is 0 Å². The van der Waals surface area contributed by atoms with Gasteiger partial charge in [-0.25, -0.2) is 0 Å². The number of hydrogen-bond acceptors (Lipinski definition) is 4. The van der Waals surface area contributed by atoms with Gasteiger partial charge in [-0.1, -0.05) is 23.7 Å². The summed E-state index contributed by atoms with van der Waals surface area (Å²) in [5.41, 5.74) is 1.72. The van der Waals surface area contributed by atoms with Gasteiger partial charge in [0.05, 0.1) is 10.7 Å². The highest BCUT2D eigenvalue weighted by Gasteiger charge is 2.24. The third-order valence-electron chi connectivity index (χ3n) is 4.14. The molecule has 0 saturated carbocycles. The fraction of sp³-hybridized carbons (Fsp3) is 0.100. The van der Waals surface area contributed by atoms with Gasteiger partial charge >= 0.3 is 0 Å². The monoisotopic (exact) mass is 382 g/mol. The van der Waals surface area contributed by atoms with E-state index < -0.39 is 12.0 Å². The van der Waals surface area contributed by atoms with Gasteiger partial charge in [-0.3, -0.25) is 9.59 Å².